The third kappa shape index (κ3) is 5.16. The topological polar surface area (TPSA) is 108 Å². The summed E-state index contributed by atoms with van der Waals surface area (Å²) in [7, 11) is 1.81. The summed E-state index contributed by atoms with van der Waals surface area (Å²) in [6.07, 6.45) is 5.55. The van der Waals surface area contributed by atoms with Gasteiger partial charge in [-0.25, -0.2) is 0 Å². The SMILES string of the molecule is CN(C(=O)CNC(=O)c1ccc(-c2ccc3cc(C(=O)N4CCOCC4)[nH]c3c2)o1)C1CCCCC1. The maximum Gasteiger partial charge on any atom is 0.287 e. The molecule has 2 N–H and O–H groups in total. The summed E-state index contributed by atoms with van der Waals surface area (Å²) in [6.45, 7) is 2.21. The zero-order chi connectivity index (χ0) is 25.1. The Morgan fingerprint density at radius 1 is 1.06 bits per heavy atom. The van der Waals surface area contributed by atoms with Crippen molar-refractivity contribution in [3.05, 3.63) is 47.9 Å². The highest BCUT2D eigenvalue weighted by atomic mass is 16.5. The van der Waals surface area contributed by atoms with Crippen molar-refractivity contribution in [2.24, 2.45) is 0 Å². The fourth-order valence-corrected chi connectivity index (χ4v) is 4.99. The fourth-order valence-electron chi connectivity index (χ4n) is 4.99. The van der Waals surface area contributed by atoms with Gasteiger partial charge in [-0.3, -0.25) is 14.4 Å². The molecule has 1 aromatic carbocycles. The molecule has 9 heteroatoms. The summed E-state index contributed by atoms with van der Waals surface area (Å²) >= 11 is 0. The fraction of sp³-hybridized carbons (Fsp3) is 0.444. The summed E-state index contributed by atoms with van der Waals surface area (Å²) < 4.78 is 11.1. The monoisotopic (exact) mass is 492 g/mol. The first kappa shape index (κ1) is 24.1. The second kappa shape index (κ2) is 10.6. The van der Waals surface area contributed by atoms with Crippen LogP contribution < -0.4 is 5.32 Å². The Balaban J connectivity index is 1.22. The maximum atomic E-state index is 12.8. The van der Waals surface area contributed by atoms with Gasteiger partial charge < -0.3 is 29.3 Å². The van der Waals surface area contributed by atoms with Gasteiger partial charge in [0.1, 0.15) is 11.5 Å². The lowest BCUT2D eigenvalue weighted by Crippen LogP contribution is -2.44. The van der Waals surface area contributed by atoms with Crippen molar-refractivity contribution >= 4 is 28.6 Å². The first-order valence-electron chi connectivity index (χ1n) is 12.6. The molecule has 1 aliphatic carbocycles. The van der Waals surface area contributed by atoms with E-state index in [4.69, 9.17) is 9.15 Å². The molecule has 2 fully saturated rings. The van der Waals surface area contributed by atoms with E-state index in [-0.39, 0.29) is 30.2 Å². The molecule has 9 nitrogen and oxygen atoms in total. The molecule has 36 heavy (non-hydrogen) atoms. The Labute approximate surface area is 209 Å². The second-order valence-electron chi connectivity index (χ2n) is 9.53. The number of nitrogens with one attached hydrogen (secondary N) is 2. The average molecular weight is 493 g/mol. The molecule has 190 valence electrons. The molecule has 1 saturated carbocycles. The van der Waals surface area contributed by atoms with Gasteiger partial charge in [-0.2, -0.15) is 0 Å². The van der Waals surface area contributed by atoms with E-state index in [0.29, 0.717) is 37.8 Å². The Kier molecular flexibility index (Phi) is 7.09. The van der Waals surface area contributed by atoms with Crippen molar-refractivity contribution < 1.29 is 23.5 Å². The predicted octanol–water partition coefficient (Wildman–Crippen LogP) is 3.42. The van der Waals surface area contributed by atoms with Crippen molar-refractivity contribution in [2.45, 2.75) is 38.1 Å². The number of hydrogen-bond donors (Lipinski definition) is 2. The van der Waals surface area contributed by atoms with Crippen LogP contribution >= 0.6 is 0 Å². The van der Waals surface area contributed by atoms with E-state index in [1.54, 1.807) is 21.9 Å². The average Bonchev–Trinajstić information content (AvgIpc) is 3.59. The Bertz CT molecular complexity index is 1250. The smallest absolute Gasteiger partial charge is 0.287 e. The number of morpholine rings is 1. The molecule has 0 atom stereocenters. The molecule has 0 bridgehead atoms. The standard InChI is InChI=1S/C27H32N4O5/c1-30(20-5-3-2-4-6-20)25(32)17-28-26(33)24-10-9-23(36-24)19-8-7-18-15-22(29-21(18)16-19)27(34)31-11-13-35-14-12-31/h7-10,15-16,20,29H,2-6,11-14,17H2,1H3,(H,28,33). The van der Waals surface area contributed by atoms with Gasteiger partial charge in [-0.15, -0.1) is 0 Å². The van der Waals surface area contributed by atoms with Gasteiger partial charge in [-0.1, -0.05) is 31.4 Å². The van der Waals surface area contributed by atoms with Crippen LogP contribution in [0.3, 0.4) is 0 Å². The molecule has 0 radical (unpaired) electrons. The normalized spacial score (nSPS) is 16.8. The van der Waals surface area contributed by atoms with E-state index in [2.05, 4.69) is 10.3 Å². The van der Waals surface area contributed by atoms with Crippen LogP contribution in [-0.2, 0) is 9.53 Å². The molecule has 1 saturated heterocycles. The number of benzene rings is 1. The van der Waals surface area contributed by atoms with E-state index in [9.17, 15) is 14.4 Å². The van der Waals surface area contributed by atoms with Crippen LogP contribution in [0.15, 0.2) is 40.8 Å². The van der Waals surface area contributed by atoms with E-state index in [1.165, 1.54) is 6.42 Å². The molecule has 0 unspecified atom stereocenters. The molecule has 2 aliphatic rings. The molecular weight excluding hydrogens is 460 g/mol. The highest BCUT2D eigenvalue weighted by Gasteiger charge is 2.23. The minimum absolute atomic E-state index is 0.0447. The number of nitrogens with zero attached hydrogens (tertiary/aromatic N) is 2. The first-order valence-corrected chi connectivity index (χ1v) is 12.6. The number of aromatic amines is 1. The van der Waals surface area contributed by atoms with E-state index < -0.39 is 5.91 Å². The van der Waals surface area contributed by atoms with Crippen LogP contribution in [0.5, 0.6) is 0 Å². The minimum Gasteiger partial charge on any atom is -0.451 e. The maximum absolute atomic E-state index is 12.8. The zero-order valence-corrected chi connectivity index (χ0v) is 20.5. The van der Waals surface area contributed by atoms with Crippen LogP contribution in [0.1, 0.15) is 53.1 Å². The van der Waals surface area contributed by atoms with Gasteiger partial charge in [-0.05, 0) is 37.1 Å². The molecule has 1 aliphatic heterocycles. The summed E-state index contributed by atoms with van der Waals surface area (Å²) in [5, 5.41) is 3.60. The predicted molar refractivity (Wildman–Crippen MR) is 135 cm³/mol. The molecule has 5 rings (SSSR count). The van der Waals surface area contributed by atoms with Gasteiger partial charge in [0, 0.05) is 42.6 Å². The lowest BCUT2D eigenvalue weighted by atomic mass is 9.94. The van der Waals surface area contributed by atoms with Gasteiger partial charge in [0.25, 0.3) is 11.8 Å². The van der Waals surface area contributed by atoms with Gasteiger partial charge in [0.2, 0.25) is 5.91 Å². The molecule has 3 aromatic rings. The molecule has 2 aromatic heterocycles. The van der Waals surface area contributed by atoms with Gasteiger partial charge in [0.15, 0.2) is 5.76 Å². The van der Waals surface area contributed by atoms with Gasteiger partial charge >= 0.3 is 0 Å². The summed E-state index contributed by atoms with van der Waals surface area (Å²) in [5.41, 5.74) is 2.12. The molecule has 3 heterocycles. The zero-order valence-electron chi connectivity index (χ0n) is 20.5. The van der Waals surface area contributed by atoms with Crippen LogP contribution in [0.4, 0.5) is 0 Å². The number of likely N-dealkylation sites (N-methyl/N-ethyl adjacent to an activating group) is 1. The van der Waals surface area contributed by atoms with Crippen LogP contribution in [0.2, 0.25) is 0 Å². The number of fused-ring (bicyclic) bond motifs is 1. The number of amides is 3. The van der Waals surface area contributed by atoms with Crippen LogP contribution in [0, 0.1) is 0 Å². The first-order chi connectivity index (χ1) is 17.5. The number of H-pyrrole nitrogens is 1. The minimum atomic E-state index is -0.425. The van der Waals surface area contributed by atoms with Crippen LogP contribution in [-0.4, -0.2) is 78.4 Å². The third-order valence-corrected chi connectivity index (χ3v) is 7.18. The summed E-state index contributed by atoms with van der Waals surface area (Å²) in [5.74, 6) is 0.112. The highest BCUT2D eigenvalue weighted by molar-refractivity contribution is 5.99. The van der Waals surface area contributed by atoms with E-state index >= 15 is 0 Å². The quantitative estimate of drug-likeness (QED) is 0.548. The van der Waals surface area contributed by atoms with E-state index in [0.717, 1.165) is 42.1 Å². The van der Waals surface area contributed by atoms with Crippen molar-refractivity contribution in [3.8, 4) is 11.3 Å². The Morgan fingerprint density at radius 2 is 1.83 bits per heavy atom. The Hall–Kier alpha value is -3.59. The lowest BCUT2D eigenvalue weighted by Gasteiger charge is -2.31. The van der Waals surface area contributed by atoms with Crippen molar-refractivity contribution in [2.75, 3.05) is 39.9 Å². The molecule has 3 amide bonds. The van der Waals surface area contributed by atoms with E-state index in [1.807, 2.05) is 31.3 Å². The molecule has 0 spiro atoms. The summed E-state index contributed by atoms with van der Waals surface area (Å²) in [6, 6.07) is 11.1. The number of carbonyl (C=O) groups is 3. The molecular formula is C27H32N4O5. The van der Waals surface area contributed by atoms with Gasteiger partial charge in [0.05, 0.1) is 19.8 Å². The van der Waals surface area contributed by atoms with Crippen molar-refractivity contribution in [3.63, 3.8) is 0 Å². The number of rotatable bonds is 6. The number of carbonyl (C=O) groups excluding carboxylic acids is 3. The third-order valence-electron chi connectivity index (χ3n) is 7.18. The largest absolute Gasteiger partial charge is 0.451 e. The number of furan rings is 1. The number of ether oxygens (including phenoxy) is 1. The second-order valence-corrected chi connectivity index (χ2v) is 9.53. The summed E-state index contributed by atoms with van der Waals surface area (Å²) in [4.78, 5) is 44.7. The highest BCUT2D eigenvalue weighted by Crippen LogP contribution is 2.27. The number of aromatic nitrogens is 1. The van der Waals surface area contributed by atoms with Crippen molar-refractivity contribution in [1.29, 1.82) is 0 Å². The number of hydrogen-bond acceptors (Lipinski definition) is 5. The lowest BCUT2D eigenvalue weighted by molar-refractivity contribution is -0.131. The Morgan fingerprint density at radius 3 is 2.61 bits per heavy atom. The van der Waals surface area contributed by atoms with Crippen LogP contribution in [0.25, 0.3) is 22.2 Å². The van der Waals surface area contributed by atoms with Crippen molar-refractivity contribution in [1.82, 2.24) is 20.1 Å².